The van der Waals surface area contributed by atoms with Gasteiger partial charge in [0.25, 0.3) is 0 Å². The van der Waals surface area contributed by atoms with Crippen molar-refractivity contribution >= 4 is 65.1 Å². The maximum Gasteiger partial charge on any atom is 0.143 e. The van der Waals surface area contributed by atoms with Gasteiger partial charge in [-0.2, -0.15) is 0 Å². The van der Waals surface area contributed by atoms with Crippen molar-refractivity contribution in [2.24, 2.45) is 0 Å². The molecule has 0 saturated carbocycles. The van der Waals surface area contributed by atoms with Crippen molar-refractivity contribution in [2.75, 3.05) is 0 Å². The summed E-state index contributed by atoms with van der Waals surface area (Å²) in [6.07, 6.45) is 0. The molecule has 11 aromatic rings. The van der Waals surface area contributed by atoms with Crippen LogP contribution in [0.3, 0.4) is 0 Å². The van der Waals surface area contributed by atoms with Crippen LogP contribution in [0.5, 0.6) is 0 Å². The number of hydrogen-bond donors (Lipinski definition) is 0. The van der Waals surface area contributed by atoms with E-state index in [9.17, 15) is 0 Å². The molecule has 9 aromatic carbocycles. The summed E-state index contributed by atoms with van der Waals surface area (Å²) < 4.78 is 9.16. The SMILES string of the molecule is CC1(C)c2c(-c3ccc4c(c3)c3ccccc3n4-c3ccc4c5ccccc5c5ccccc5c4c3)cccc2-c2c(-c3ccccc3)oc3cccc1c23. The molecule has 0 fully saturated rings. The van der Waals surface area contributed by atoms with E-state index in [1.54, 1.807) is 0 Å². The highest BCUT2D eigenvalue weighted by Gasteiger charge is 2.38. The molecular weight excluding hydrogens is 667 g/mol. The van der Waals surface area contributed by atoms with Gasteiger partial charge in [0.2, 0.25) is 0 Å². The van der Waals surface area contributed by atoms with Crippen LogP contribution < -0.4 is 0 Å². The van der Waals surface area contributed by atoms with Crippen molar-refractivity contribution in [3.8, 4) is 39.3 Å². The molecule has 2 heteroatoms. The van der Waals surface area contributed by atoms with Crippen molar-refractivity contribution < 1.29 is 4.42 Å². The molecule has 1 aliphatic rings. The van der Waals surface area contributed by atoms with E-state index in [1.807, 2.05) is 0 Å². The Kier molecular flexibility index (Phi) is 6.15. The van der Waals surface area contributed by atoms with Gasteiger partial charge in [-0.15, -0.1) is 0 Å². The largest absolute Gasteiger partial charge is 0.455 e. The minimum atomic E-state index is -0.253. The van der Waals surface area contributed by atoms with Crippen molar-refractivity contribution in [3.05, 3.63) is 187 Å². The molecule has 55 heavy (non-hydrogen) atoms. The van der Waals surface area contributed by atoms with Crippen LogP contribution in [0, 0.1) is 0 Å². The fourth-order valence-corrected chi connectivity index (χ4v) is 9.98. The summed E-state index contributed by atoms with van der Waals surface area (Å²) in [4.78, 5) is 0. The molecular formula is C53H35NO. The third-order valence-corrected chi connectivity index (χ3v) is 12.4. The smallest absolute Gasteiger partial charge is 0.143 e. The molecule has 0 bridgehead atoms. The summed E-state index contributed by atoms with van der Waals surface area (Å²) >= 11 is 0. The Bertz CT molecular complexity index is 3360. The van der Waals surface area contributed by atoms with Gasteiger partial charge in [0, 0.05) is 38.4 Å². The highest BCUT2D eigenvalue weighted by Crippen LogP contribution is 2.55. The predicted octanol–water partition coefficient (Wildman–Crippen LogP) is 14.6. The van der Waals surface area contributed by atoms with Crippen LogP contribution in [0.4, 0.5) is 0 Å². The molecule has 0 N–H and O–H groups in total. The summed E-state index contributed by atoms with van der Waals surface area (Å²) in [6, 6.07) is 64.5. The van der Waals surface area contributed by atoms with E-state index in [2.05, 4.69) is 194 Å². The quantitative estimate of drug-likeness (QED) is 0.168. The lowest BCUT2D eigenvalue weighted by Crippen LogP contribution is -2.24. The number of para-hydroxylation sites is 1. The summed E-state index contributed by atoms with van der Waals surface area (Å²) in [5, 5.41) is 11.4. The van der Waals surface area contributed by atoms with Crippen LogP contribution in [0.1, 0.15) is 25.0 Å². The first-order chi connectivity index (χ1) is 27.1. The standard InChI is InChI=1S/C53H35NO/c1-53(2)45-23-13-25-48-50(45)49(52(55-48)32-14-4-3-5-15-32)42-22-12-21-35(51(42)53)33-26-29-47-44(30-33)41-20-10-11-24-46(41)54(47)34-27-28-40-38-18-7-6-16-36(38)37-17-8-9-19-39(37)43(40)31-34/h3-31H,1-2H3. The van der Waals surface area contributed by atoms with Gasteiger partial charge in [-0.1, -0.05) is 153 Å². The predicted molar refractivity (Wildman–Crippen MR) is 232 cm³/mol. The van der Waals surface area contributed by atoms with Gasteiger partial charge >= 0.3 is 0 Å². The Morgan fingerprint density at radius 2 is 1.05 bits per heavy atom. The molecule has 258 valence electrons. The molecule has 0 saturated heterocycles. The Labute approximate surface area is 318 Å². The fraction of sp³-hybridized carbons (Fsp3) is 0.0566. The highest BCUT2D eigenvalue weighted by atomic mass is 16.3. The van der Waals surface area contributed by atoms with E-state index in [0.29, 0.717) is 0 Å². The second-order valence-electron chi connectivity index (χ2n) is 15.6. The van der Waals surface area contributed by atoms with Crippen LogP contribution in [0.2, 0.25) is 0 Å². The molecule has 0 aliphatic heterocycles. The Morgan fingerprint density at radius 3 is 1.82 bits per heavy atom. The number of fused-ring (bicyclic) bond motifs is 11. The average molecular weight is 702 g/mol. The molecule has 0 radical (unpaired) electrons. The summed E-state index contributed by atoms with van der Waals surface area (Å²) in [5.74, 6) is 0.937. The molecule has 1 aliphatic carbocycles. The first kappa shape index (κ1) is 30.6. The fourth-order valence-electron chi connectivity index (χ4n) is 9.98. The van der Waals surface area contributed by atoms with E-state index >= 15 is 0 Å². The van der Waals surface area contributed by atoms with Gasteiger partial charge in [0.05, 0.1) is 11.0 Å². The van der Waals surface area contributed by atoms with Gasteiger partial charge < -0.3 is 8.98 Å². The first-order valence-electron chi connectivity index (χ1n) is 19.2. The third kappa shape index (κ3) is 4.14. The molecule has 0 spiro atoms. The second kappa shape index (κ2) is 11.1. The van der Waals surface area contributed by atoms with E-state index in [4.69, 9.17) is 4.42 Å². The zero-order chi connectivity index (χ0) is 36.4. The van der Waals surface area contributed by atoms with E-state index < -0.39 is 0 Å². The number of nitrogens with zero attached hydrogens (tertiary/aromatic N) is 1. The van der Waals surface area contributed by atoms with Gasteiger partial charge in [-0.25, -0.2) is 0 Å². The highest BCUT2D eigenvalue weighted by molar-refractivity contribution is 6.25. The zero-order valence-electron chi connectivity index (χ0n) is 30.6. The molecule has 0 unspecified atom stereocenters. The monoisotopic (exact) mass is 701 g/mol. The maximum atomic E-state index is 6.71. The maximum absolute atomic E-state index is 6.71. The Balaban J connectivity index is 1.09. The number of furan rings is 1. The van der Waals surface area contributed by atoms with Gasteiger partial charge in [0.15, 0.2) is 0 Å². The zero-order valence-corrected chi connectivity index (χ0v) is 30.6. The Morgan fingerprint density at radius 1 is 0.436 bits per heavy atom. The van der Waals surface area contributed by atoms with E-state index in [-0.39, 0.29) is 5.41 Å². The topological polar surface area (TPSA) is 18.1 Å². The van der Waals surface area contributed by atoms with E-state index in [0.717, 1.165) is 16.9 Å². The van der Waals surface area contributed by atoms with Gasteiger partial charge in [0.1, 0.15) is 11.3 Å². The number of benzene rings is 9. The molecule has 2 nitrogen and oxygen atoms in total. The van der Waals surface area contributed by atoms with Crippen molar-refractivity contribution in [2.45, 2.75) is 19.3 Å². The molecule has 2 heterocycles. The summed E-state index contributed by atoms with van der Waals surface area (Å²) in [6.45, 7) is 4.75. The van der Waals surface area contributed by atoms with Crippen LogP contribution in [-0.4, -0.2) is 4.57 Å². The van der Waals surface area contributed by atoms with Crippen LogP contribution in [0.25, 0.3) is 104 Å². The number of hydrogen-bond acceptors (Lipinski definition) is 1. The van der Waals surface area contributed by atoms with Crippen molar-refractivity contribution in [1.82, 2.24) is 4.57 Å². The number of aromatic nitrogens is 1. The van der Waals surface area contributed by atoms with Gasteiger partial charge in [-0.3, -0.25) is 0 Å². The molecule has 12 rings (SSSR count). The average Bonchev–Trinajstić information content (AvgIpc) is 3.79. The Hall–Kier alpha value is -6.90. The van der Waals surface area contributed by atoms with E-state index in [1.165, 1.54) is 98.6 Å². The summed E-state index contributed by atoms with van der Waals surface area (Å²) in [5.41, 5.74) is 12.9. The van der Waals surface area contributed by atoms with Crippen LogP contribution >= 0.6 is 0 Å². The lowest BCUT2D eigenvalue weighted by atomic mass is 9.67. The minimum Gasteiger partial charge on any atom is -0.455 e. The summed E-state index contributed by atoms with van der Waals surface area (Å²) in [7, 11) is 0. The molecule has 0 atom stereocenters. The van der Waals surface area contributed by atoms with Gasteiger partial charge in [-0.05, 0) is 96.5 Å². The number of rotatable bonds is 3. The normalized spacial score (nSPS) is 13.4. The van der Waals surface area contributed by atoms with Crippen molar-refractivity contribution in [1.29, 1.82) is 0 Å². The third-order valence-electron chi connectivity index (χ3n) is 12.4. The lowest BCUT2D eigenvalue weighted by Gasteiger charge is -2.35. The minimum absolute atomic E-state index is 0.253. The molecule has 0 amide bonds. The van der Waals surface area contributed by atoms with Crippen molar-refractivity contribution in [3.63, 3.8) is 0 Å². The second-order valence-corrected chi connectivity index (χ2v) is 15.6. The first-order valence-corrected chi connectivity index (χ1v) is 19.2. The van der Waals surface area contributed by atoms with Crippen LogP contribution in [0.15, 0.2) is 180 Å². The molecule has 2 aromatic heterocycles. The lowest BCUT2D eigenvalue weighted by molar-refractivity contribution is 0.631. The van der Waals surface area contributed by atoms with Crippen LogP contribution in [-0.2, 0) is 5.41 Å².